The third kappa shape index (κ3) is 1.70. The highest BCUT2D eigenvalue weighted by Crippen LogP contribution is 2.57. The summed E-state index contributed by atoms with van der Waals surface area (Å²) >= 11 is 0. The molecular weight excluding hydrogens is 179 g/mol. The van der Waals surface area contributed by atoms with E-state index in [4.69, 9.17) is 5.11 Å². The third-order valence-corrected chi connectivity index (χ3v) is 5.22. The highest BCUT2D eigenvalue weighted by Gasteiger charge is 2.47. The lowest BCUT2D eigenvalue weighted by Gasteiger charge is -2.28. The first-order valence-electron chi connectivity index (χ1n) is 3.70. The molecule has 0 bridgehead atoms. The molecule has 1 atom stereocenters. The van der Waals surface area contributed by atoms with Gasteiger partial charge in [0.2, 0.25) is 7.37 Å². The van der Waals surface area contributed by atoms with E-state index in [1.807, 2.05) is 0 Å². The Morgan fingerprint density at radius 3 is 1.83 bits per heavy atom. The molecule has 1 unspecified atom stereocenters. The first-order valence-corrected chi connectivity index (χ1v) is 5.43. The van der Waals surface area contributed by atoms with Gasteiger partial charge >= 0.3 is 5.97 Å². The Kier molecular flexibility index (Phi) is 3.10. The molecule has 0 saturated heterocycles. The topological polar surface area (TPSA) is 74.6 Å². The van der Waals surface area contributed by atoms with Crippen LogP contribution in [0, 0.1) is 0 Å². The molecule has 0 amide bonds. The lowest BCUT2D eigenvalue weighted by molar-refractivity contribution is -0.139. The molecular formula is C7H15O4P. The van der Waals surface area contributed by atoms with Crippen molar-refractivity contribution in [1.29, 1.82) is 0 Å². The summed E-state index contributed by atoms with van der Waals surface area (Å²) in [5, 5.41) is 7.14. The van der Waals surface area contributed by atoms with Crippen LogP contribution in [-0.2, 0) is 9.36 Å². The quantitative estimate of drug-likeness (QED) is 0.668. The van der Waals surface area contributed by atoms with Crippen LogP contribution in [-0.4, -0.2) is 26.8 Å². The van der Waals surface area contributed by atoms with Gasteiger partial charge < -0.3 is 10.00 Å². The second kappa shape index (κ2) is 3.19. The second-order valence-corrected chi connectivity index (χ2v) is 6.98. The summed E-state index contributed by atoms with van der Waals surface area (Å²) < 4.78 is 11.6. The van der Waals surface area contributed by atoms with Gasteiger partial charge in [-0.25, -0.2) is 0 Å². The van der Waals surface area contributed by atoms with E-state index in [-0.39, 0.29) is 0 Å². The maximum atomic E-state index is 11.6. The van der Waals surface area contributed by atoms with Gasteiger partial charge in [-0.1, -0.05) is 13.8 Å². The normalized spacial score (nSPS) is 17.5. The van der Waals surface area contributed by atoms with Crippen molar-refractivity contribution < 1.29 is 19.4 Å². The van der Waals surface area contributed by atoms with Gasteiger partial charge in [-0.2, -0.15) is 0 Å². The molecule has 0 saturated carbocycles. The van der Waals surface area contributed by atoms with Crippen LogP contribution in [0.1, 0.15) is 27.7 Å². The fourth-order valence-corrected chi connectivity index (χ4v) is 2.35. The molecule has 2 N–H and O–H groups in total. The van der Waals surface area contributed by atoms with Crippen molar-refractivity contribution >= 4 is 13.3 Å². The summed E-state index contributed by atoms with van der Waals surface area (Å²) in [4.78, 5) is 20.1. The molecule has 72 valence electrons. The van der Waals surface area contributed by atoms with Gasteiger partial charge in [-0.15, -0.1) is 0 Å². The zero-order valence-corrected chi connectivity index (χ0v) is 8.63. The van der Waals surface area contributed by atoms with Crippen LogP contribution in [0.15, 0.2) is 0 Å². The van der Waals surface area contributed by atoms with Gasteiger partial charge in [0.25, 0.3) is 0 Å². The van der Waals surface area contributed by atoms with E-state index in [0.717, 1.165) is 0 Å². The Bertz CT molecular complexity index is 232. The fraction of sp³-hybridized carbons (Fsp3) is 0.857. The van der Waals surface area contributed by atoms with Crippen molar-refractivity contribution in [2.24, 2.45) is 0 Å². The predicted molar refractivity (Wildman–Crippen MR) is 46.7 cm³/mol. The van der Waals surface area contributed by atoms with Crippen molar-refractivity contribution in [3.63, 3.8) is 0 Å². The van der Waals surface area contributed by atoms with Gasteiger partial charge in [0, 0.05) is 5.66 Å². The molecule has 4 nitrogen and oxygen atoms in total. The Balaban J connectivity index is 5.03. The average molecular weight is 194 g/mol. The van der Waals surface area contributed by atoms with Gasteiger partial charge in [0.05, 0.1) is 0 Å². The number of aliphatic carboxylic acids is 1. The first kappa shape index (κ1) is 11.7. The first-order chi connectivity index (χ1) is 5.14. The molecule has 0 aromatic rings. The van der Waals surface area contributed by atoms with Crippen molar-refractivity contribution in [2.75, 3.05) is 0 Å². The van der Waals surface area contributed by atoms with Crippen LogP contribution in [0.4, 0.5) is 0 Å². The average Bonchev–Trinajstić information content (AvgIpc) is 1.86. The fourth-order valence-electron chi connectivity index (χ4n) is 0.783. The van der Waals surface area contributed by atoms with Gasteiger partial charge in [0.1, 0.15) is 5.16 Å². The molecule has 0 aromatic carbocycles. The van der Waals surface area contributed by atoms with E-state index in [0.29, 0.717) is 0 Å². The lowest BCUT2D eigenvalue weighted by atomic mass is 10.2. The molecule has 0 rings (SSSR count). The second-order valence-electron chi connectivity index (χ2n) is 3.58. The maximum Gasteiger partial charge on any atom is 0.318 e. The minimum Gasteiger partial charge on any atom is -0.480 e. The van der Waals surface area contributed by atoms with E-state index in [1.165, 1.54) is 13.8 Å². The van der Waals surface area contributed by atoms with E-state index in [2.05, 4.69) is 0 Å². The lowest BCUT2D eigenvalue weighted by Crippen LogP contribution is -2.33. The molecule has 0 fully saturated rings. The number of carboxylic acid groups (broad SMARTS) is 1. The number of rotatable bonds is 3. The van der Waals surface area contributed by atoms with Crippen LogP contribution >= 0.6 is 7.37 Å². The number of hydrogen-bond acceptors (Lipinski definition) is 2. The molecule has 0 aliphatic carbocycles. The van der Waals surface area contributed by atoms with Crippen LogP contribution < -0.4 is 0 Å². The van der Waals surface area contributed by atoms with Crippen LogP contribution in [0.2, 0.25) is 0 Å². The number of hydrogen-bond donors (Lipinski definition) is 2. The van der Waals surface area contributed by atoms with Crippen molar-refractivity contribution in [3.05, 3.63) is 0 Å². The van der Waals surface area contributed by atoms with E-state index in [9.17, 15) is 14.3 Å². The number of carboxylic acids is 1. The Morgan fingerprint density at radius 2 is 1.75 bits per heavy atom. The maximum absolute atomic E-state index is 11.6. The smallest absolute Gasteiger partial charge is 0.318 e. The summed E-state index contributed by atoms with van der Waals surface area (Å²) in [6, 6.07) is 0. The minimum atomic E-state index is -3.62. The summed E-state index contributed by atoms with van der Waals surface area (Å²) in [7, 11) is -3.62. The zero-order valence-electron chi connectivity index (χ0n) is 7.74. The highest BCUT2D eigenvalue weighted by molar-refractivity contribution is 7.61. The highest BCUT2D eigenvalue weighted by atomic mass is 31.2. The van der Waals surface area contributed by atoms with E-state index >= 15 is 0 Å². The molecule has 0 spiro atoms. The van der Waals surface area contributed by atoms with Crippen LogP contribution in [0.5, 0.6) is 0 Å². The summed E-state index contributed by atoms with van der Waals surface area (Å²) in [5.74, 6) is -1.23. The Labute approximate surface area is 72.1 Å². The SMILES string of the molecule is CC(C)P(=O)(O)C(C)(C)C(=O)O. The standard InChI is InChI=1S/C7H15O4P/c1-5(2)12(10,11)7(3,4)6(8)9/h5H,1-4H3,(H,8,9)(H,10,11). The van der Waals surface area contributed by atoms with Crippen molar-refractivity contribution in [1.82, 2.24) is 0 Å². The van der Waals surface area contributed by atoms with Crippen molar-refractivity contribution in [2.45, 2.75) is 38.5 Å². The van der Waals surface area contributed by atoms with E-state index < -0.39 is 24.2 Å². The Morgan fingerprint density at radius 1 is 1.42 bits per heavy atom. The predicted octanol–water partition coefficient (Wildman–Crippen LogP) is 1.53. The molecule has 0 heterocycles. The zero-order chi connectivity index (χ0) is 10.2. The largest absolute Gasteiger partial charge is 0.480 e. The molecule has 0 aliphatic rings. The van der Waals surface area contributed by atoms with Crippen molar-refractivity contribution in [3.8, 4) is 0 Å². The molecule has 5 heteroatoms. The molecule has 12 heavy (non-hydrogen) atoms. The molecule has 0 aromatic heterocycles. The molecule has 0 aliphatic heterocycles. The van der Waals surface area contributed by atoms with Gasteiger partial charge in [-0.3, -0.25) is 9.36 Å². The third-order valence-electron chi connectivity index (χ3n) is 2.02. The molecule has 0 radical (unpaired) electrons. The van der Waals surface area contributed by atoms with Crippen LogP contribution in [0.25, 0.3) is 0 Å². The van der Waals surface area contributed by atoms with Gasteiger partial charge in [0.15, 0.2) is 0 Å². The summed E-state index contributed by atoms with van der Waals surface area (Å²) in [6.07, 6.45) is 0. The van der Waals surface area contributed by atoms with E-state index in [1.54, 1.807) is 13.8 Å². The van der Waals surface area contributed by atoms with Crippen LogP contribution in [0.3, 0.4) is 0 Å². The number of carbonyl (C=O) groups is 1. The minimum absolute atomic E-state index is 0.524. The van der Waals surface area contributed by atoms with Gasteiger partial charge in [-0.05, 0) is 13.8 Å². The Hall–Kier alpha value is -0.340. The summed E-state index contributed by atoms with van der Waals surface area (Å²) in [6.45, 7) is 5.64. The monoisotopic (exact) mass is 194 g/mol. The summed E-state index contributed by atoms with van der Waals surface area (Å²) in [5.41, 5.74) is -0.524.